The first-order chi connectivity index (χ1) is 13.9. The Kier molecular flexibility index (Phi) is 6.97. The number of anilines is 2. The number of amides is 2. The molecule has 1 saturated heterocycles. The van der Waals surface area contributed by atoms with Gasteiger partial charge in [0.1, 0.15) is 5.82 Å². The minimum Gasteiger partial charge on any atom is -0.377 e. The van der Waals surface area contributed by atoms with Gasteiger partial charge >= 0.3 is 6.03 Å². The number of hydrogen-bond acceptors (Lipinski definition) is 6. The number of rotatable bonds is 5. The second kappa shape index (κ2) is 9.45. The lowest BCUT2D eigenvalue weighted by molar-refractivity contribution is 0.0985. The van der Waals surface area contributed by atoms with Gasteiger partial charge in [0.25, 0.3) is 0 Å². The summed E-state index contributed by atoms with van der Waals surface area (Å²) >= 11 is 4.78. The van der Waals surface area contributed by atoms with E-state index < -0.39 is 0 Å². The molecule has 0 radical (unpaired) electrons. The Labute approximate surface area is 177 Å². The molecule has 2 aromatic rings. The molecule has 0 saturated carbocycles. The van der Waals surface area contributed by atoms with Crippen molar-refractivity contribution in [1.82, 2.24) is 15.3 Å². The fourth-order valence-corrected chi connectivity index (χ4v) is 3.32. The summed E-state index contributed by atoms with van der Waals surface area (Å²) in [6, 6.07) is 9.56. The fraction of sp³-hybridized carbons (Fsp3) is 0.476. The number of ether oxygens (including phenoxy) is 1. The summed E-state index contributed by atoms with van der Waals surface area (Å²) in [5.41, 5.74) is 2.51. The van der Waals surface area contributed by atoms with E-state index in [1.54, 1.807) is 7.05 Å². The van der Waals surface area contributed by atoms with Crippen LogP contribution in [0.5, 0.6) is 0 Å². The Bertz CT molecular complexity index is 843. The van der Waals surface area contributed by atoms with Crippen LogP contribution in [0.3, 0.4) is 0 Å². The second-order valence-corrected chi connectivity index (χ2v) is 8.12. The summed E-state index contributed by atoms with van der Waals surface area (Å²) in [4.78, 5) is 23.4. The summed E-state index contributed by atoms with van der Waals surface area (Å²) in [6.07, 6.45) is 0. The van der Waals surface area contributed by atoms with Crippen LogP contribution in [0, 0.1) is 5.92 Å². The van der Waals surface area contributed by atoms with Gasteiger partial charge in [0, 0.05) is 36.2 Å². The summed E-state index contributed by atoms with van der Waals surface area (Å²) in [7, 11) is 1.58. The van der Waals surface area contributed by atoms with Crippen molar-refractivity contribution in [3.63, 3.8) is 0 Å². The molecule has 1 fully saturated rings. The van der Waals surface area contributed by atoms with E-state index in [4.69, 9.17) is 27.3 Å². The lowest BCUT2D eigenvalue weighted by atomic mass is 10.1. The normalized spacial score (nSPS) is 17.9. The Morgan fingerprint density at radius 2 is 2.00 bits per heavy atom. The molecule has 1 aromatic heterocycles. The average molecular weight is 416 g/mol. The van der Waals surface area contributed by atoms with Crippen LogP contribution in [0.15, 0.2) is 30.3 Å². The van der Waals surface area contributed by atoms with E-state index in [-0.39, 0.29) is 17.3 Å². The maximum atomic E-state index is 11.5. The van der Waals surface area contributed by atoms with Gasteiger partial charge in [0.15, 0.2) is 5.82 Å². The van der Waals surface area contributed by atoms with Crippen LogP contribution in [0.25, 0.3) is 11.4 Å². The van der Waals surface area contributed by atoms with Crippen LogP contribution in [-0.4, -0.2) is 48.8 Å². The van der Waals surface area contributed by atoms with Gasteiger partial charge < -0.3 is 20.3 Å². The first-order valence-corrected chi connectivity index (χ1v) is 10.4. The van der Waals surface area contributed by atoms with Gasteiger partial charge in [-0.1, -0.05) is 13.8 Å². The molecule has 2 atom stereocenters. The van der Waals surface area contributed by atoms with E-state index in [1.165, 1.54) is 0 Å². The number of morpholine rings is 1. The van der Waals surface area contributed by atoms with Crippen LogP contribution in [0.1, 0.15) is 31.7 Å². The van der Waals surface area contributed by atoms with Crippen LogP contribution in [0.4, 0.5) is 16.3 Å². The molecule has 2 heterocycles. The molecule has 1 aliphatic rings. The molecule has 2 N–H and O–H groups in total. The van der Waals surface area contributed by atoms with E-state index in [0.29, 0.717) is 30.6 Å². The van der Waals surface area contributed by atoms with Crippen LogP contribution < -0.4 is 15.5 Å². The Balaban J connectivity index is 1.97. The Morgan fingerprint density at radius 1 is 1.28 bits per heavy atom. The highest BCUT2D eigenvalue weighted by Crippen LogP contribution is 2.31. The molecule has 2 amide bonds. The summed E-state index contributed by atoms with van der Waals surface area (Å²) < 4.78 is 5.58. The maximum absolute atomic E-state index is 11.5. The number of urea groups is 1. The van der Waals surface area contributed by atoms with E-state index >= 15 is 0 Å². The molecule has 8 heteroatoms. The lowest BCUT2D eigenvalue weighted by Gasteiger charge is -2.34. The second-order valence-electron chi connectivity index (χ2n) is 7.56. The third-order valence-corrected chi connectivity index (χ3v) is 5.82. The van der Waals surface area contributed by atoms with E-state index in [1.807, 2.05) is 30.3 Å². The van der Waals surface area contributed by atoms with Crippen LogP contribution in [0.2, 0.25) is 0 Å². The predicted molar refractivity (Wildman–Crippen MR) is 120 cm³/mol. The molecular formula is C21H29N5O2S. The SMILES string of the molecule is CNC(=O)Nc1ccc(-c2nc(C(S)C(C)C)cc(N3CCOC[C@@H]3C)n2)cc1. The number of carbonyl (C=O) groups is 1. The quantitative estimate of drug-likeness (QED) is 0.648. The van der Waals surface area contributed by atoms with Crippen molar-refractivity contribution in [2.24, 2.45) is 5.92 Å². The summed E-state index contributed by atoms with van der Waals surface area (Å²) in [6.45, 7) is 8.58. The first kappa shape index (κ1) is 21.4. The molecule has 3 rings (SSSR count). The number of carbonyl (C=O) groups excluding carboxylic acids is 1. The molecular weight excluding hydrogens is 386 g/mol. The van der Waals surface area contributed by atoms with Crippen LogP contribution in [-0.2, 0) is 4.74 Å². The molecule has 1 aromatic carbocycles. The smallest absolute Gasteiger partial charge is 0.318 e. The topological polar surface area (TPSA) is 79.4 Å². The number of thiol groups is 1. The highest BCUT2D eigenvalue weighted by atomic mass is 32.1. The molecule has 156 valence electrons. The lowest BCUT2D eigenvalue weighted by Crippen LogP contribution is -2.44. The highest BCUT2D eigenvalue weighted by Gasteiger charge is 2.23. The number of nitrogens with one attached hydrogen (secondary N) is 2. The fourth-order valence-electron chi connectivity index (χ4n) is 3.19. The monoisotopic (exact) mass is 415 g/mol. The zero-order chi connectivity index (χ0) is 21.0. The predicted octanol–water partition coefficient (Wildman–Crippen LogP) is 3.75. The van der Waals surface area contributed by atoms with Crippen molar-refractivity contribution in [2.75, 3.05) is 37.0 Å². The molecule has 1 unspecified atom stereocenters. The zero-order valence-electron chi connectivity index (χ0n) is 17.3. The van der Waals surface area contributed by atoms with Gasteiger partial charge in [0.05, 0.1) is 24.9 Å². The van der Waals surface area contributed by atoms with E-state index in [0.717, 1.165) is 23.6 Å². The largest absolute Gasteiger partial charge is 0.377 e. The molecule has 1 aliphatic heterocycles. The van der Waals surface area contributed by atoms with Crippen molar-refractivity contribution in [3.8, 4) is 11.4 Å². The van der Waals surface area contributed by atoms with Crippen molar-refractivity contribution in [1.29, 1.82) is 0 Å². The minimum absolute atomic E-state index is 0.0148. The molecule has 0 bridgehead atoms. The number of nitrogens with zero attached hydrogens (tertiary/aromatic N) is 3. The van der Waals surface area contributed by atoms with Gasteiger partial charge in [-0.05, 0) is 37.1 Å². The first-order valence-electron chi connectivity index (χ1n) is 9.89. The van der Waals surface area contributed by atoms with Gasteiger partial charge in [-0.15, -0.1) is 0 Å². The Morgan fingerprint density at radius 3 is 2.62 bits per heavy atom. The van der Waals surface area contributed by atoms with Gasteiger partial charge in [-0.25, -0.2) is 14.8 Å². The summed E-state index contributed by atoms with van der Waals surface area (Å²) in [5, 5.41) is 5.31. The summed E-state index contributed by atoms with van der Waals surface area (Å²) in [5.74, 6) is 1.89. The average Bonchev–Trinajstić information content (AvgIpc) is 2.73. The van der Waals surface area contributed by atoms with Gasteiger partial charge in [0.2, 0.25) is 0 Å². The molecule has 7 nitrogen and oxygen atoms in total. The molecule has 0 spiro atoms. The van der Waals surface area contributed by atoms with Crippen molar-refractivity contribution in [2.45, 2.75) is 32.1 Å². The van der Waals surface area contributed by atoms with Crippen molar-refractivity contribution in [3.05, 3.63) is 36.0 Å². The van der Waals surface area contributed by atoms with Gasteiger partial charge in [-0.2, -0.15) is 12.6 Å². The third-order valence-electron chi connectivity index (χ3n) is 4.96. The zero-order valence-corrected chi connectivity index (χ0v) is 18.2. The number of aromatic nitrogens is 2. The molecule has 0 aliphatic carbocycles. The number of hydrogen-bond donors (Lipinski definition) is 3. The van der Waals surface area contributed by atoms with E-state index in [9.17, 15) is 4.79 Å². The Hall–Kier alpha value is -2.32. The highest BCUT2D eigenvalue weighted by molar-refractivity contribution is 7.80. The van der Waals surface area contributed by atoms with Crippen molar-refractivity contribution >= 4 is 30.2 Å². The maximum Gasteiger partial charge on any atom is 0.318 e. The third kappa shape index (κ3) is 5.19. The van der Waals surface area contributed by atoms with Crippen LogP contribution >= 0.6 is 12.6 Å². The van der Waals surface area contributed by atoms with Gasteiger partial charge in [-0.3, -0.25) is 0 Å². The standard InChI is InChI=1S/C21H29N5O2S/c1-13(2)19(29)17-11-18(26-9-10-28-12-14(26)3)25-20(24-17)15-5-7-16(8-6-15)23-21(27)22-4/h5-8,11,13-14,19,29H,9-10,12H2,1-4H3,(H2,22,23,27)/t14-,19?/m0/s1. The molecule has 29 heavy (non-hydrogen) atoms. The number of benzene rings is 1. The van der Waals surface area contributed by atoms with E-state index in [2.05, 4.69) is 36.3 Å². The van der Waals surface area contributed by atoms with Crippen molar-refractivity contribution < 1.29 is 9.53 Å². The minimum atomic E-state index is -0.255.